The van der Waals surface area contributed by atoms with Crippen LogP contribution in [0, 0.1) is 11.6 Å². The third kappa shape index (κ3) is 4.35. The van der Waals surface area contributed by atoms with Crippen molar-refractivity contribution in [1.29, 1.82) is 0 Å². The van der Waals surface area contributed by atoms with Crippen LogP contribution in [0.3, 0.4) is 0 Å². The summed E-state index contributed by atoms with van der Waals surface area (Å²) in [5, 5.41) is 15.6. The van der Waals surface area contributed by atoms with Crippen molar-refractivity contribution in [1.82, 2.24) is 14.8 Å². The Kier molecular flexibility index (Phi) is 5.81. The van der Waals surface area contributed by atoms with Crippen LogP contribution in [0.2, 0.25) is 0 Å². The van der Waals surface area contributed by atoms with Gasteiger partial charge in [0.05, 0.1) is 6.54 Å². The number of hydrogen-bond acceptors (Lipinski definition) is 5. The van der Waals surface area contributed by atoms with E-state index in [1.54, 1.807) is 44.4 Å². The lowest BCUT2D eigenvalue weighted by Crippen LogP contribution is -2.54. The van der Waals surface area contributed by atoms with Crippen molar-refractivity contribution in [3.63, 3.8) is 0 Å². The molecule has 2 unspecified atom stereocenters. The second kappa shape index (κ2) is 8.00. The lowest BCUT2D eigenvalue weighted by Gasteiger charge is -2.42. The van der Waals surface area contributed by atoms with E-state index in [0.717, 1.165) is 6.07 Å². The van der Waals surface area contributed by atoms with Gasteiger partial charge in [0.2, 0.25) is 0 Å². The molecular formula is C20H21F2N3O3S. The van der Waals surface area contributed by atoms with Gasteiger partial charge < -0.3 is 9.84 Å². The number of aliphatic hydroxyl groups is 1. The van der Waals surface area contributed by atoms with Crippen molar-refractivity contribution in [2.45, 2.75) is 36.5 Å². The van der Waals surface area contributed by atoms with Gasteiger partial charge in [-0.25, -0.2) is 18.4 Å². The highest BCUT2D eigenvalue weighted by Gasteiger charge is 2.49. The molecule has 0 saturated heterocycles. The summed E-state index contributed by atoms with van der Waals surface area (Å²) in [6.07, 6.45) is 4.24. The molecule has 6 nitrogen and oxygen atoms in total. The molecule has 154 valence electrons. The summed E-state index contributed by atoms with van der Waals surface area (Å²) < 4.78 is 47.0. The molecule has 0 aliphatic carbocycles. The zero-order valence-corrected chi connectivity index (χ0v) is 17.0. The molecule has 0 aliphatic heterocycles. The van der Waals surface area contributed by atoms with Crippen LogP contribution in [0.4, 0.5) is 8.78 Å². The molecule has 0 amide bonds. The molecule has 3 rings (SSSR count). The minimum Gasteiger partial charge on any atom is -0.484 e. The third-order valence-electron chi connectivity index (χ3n) is 4.76. The van der Waals surface area contributed by atoms with E-state index in [-0.39, 0.29) is 12.1 Å². The second-order valence-electron chi connectivity index (χ2n) is 7.12. The van der Waals surface area contributed by atoms with Crippen LogP contribution in [0.1, 0.15) is 19.4 Å². The summed E-state index contributed by atoms with van der Waals surface area (Å²) >= 11 is 0. The molecule has 3 aromatic rings. The number of aromatic nitrogens is 3. The van der Waals surface area contributed by atoms with Gasteiger partial charge in [0.15, 0.2) is 5.60 Å². The first-order valence-electron chi connectivity index (χ1n) is 8.75. The number of ether oxygens (including phenoxy) is 1. The van der Waals surface area contributed by atoms with Gasteiger partial charge in [0.25, 0.3) is 0 Å². The van der Waals surface area contributed by atoms with E-state index < -0.39 is 33.6 Å². The largest absolute Gasteiger partial charge is 0.484 e. The number of nitrogens with zero attached hydrogens (tertiary/aromatic N) is 3. The third-order valence-corrected chi connectivity index (χ3v) is 5.69. The lowest BCUT2D eigenvalue weighted by molar-refractivity contribution is -0.135. The van der Waals surface area contributed by atoms with Crippen LogP contribution in [-0.4, -0.2) is 35.9 Å². The first-order chi connectivity index (χ1) is 13.6. The second-order valence-corrected chi connectivity index (χ2v) is 8.50. The van der Waals surface area contributed by atoms with Crippen molar-refractivity contribution in [2.24, 2.45) is 0 Å². The first kappa shape index (κ1) is 21.1. The van der Waals surface area contributed by atoms with Crippen molar-refractivity contribution in [3.05, 3.63) is 72.3 Å². The smallest absolute Gasteiger partial charge is 0.151 e. The molecule has 0 aliphatic rings. The maximum Gasteiger partial charge on any atom is 0.151 e. The summed E-state index contributed by atoms with van der Waals surface area (Å²) in [7, 11) is -1.14. The molecule has 9 heteroatoms. The van der Waals surface area contributed by atoms with Crippen LogP contribution in [0.25, 0.3) is 0 Å². The number of halogens is 2. The van der Waals surface area contributed by atoms with Gasteiger partial charge in [-0.2, -0.15) is 5.10 Å². The molecule has 1 heterocycles. The fourth-order valence-corrected chi connectivity index (χ4v) is 3.57. The monoisotopic (exact) mass is 421 g/mol. The van der Waals surface area contributed by atoms with Crippen LogP contribution in [0.5, 0.6) is 5.75 Å². The van der Waals surface area contributed by atoms with Crippen molar-refractivity contribution in [2.75, 3.05) is 6.26 Å². The van der Waals surface area contributed by atoms with Crippen molar-refractivity contribution >= 4 is 10.8 Å². The zero-order chi connectivity index (χ0) is 21.2. The Bertz CT molecular complexity index is 1010. The summed E-state index contributed by atoms with van der Waals surface area (Å²) in [6.45, 7) is 3.01. The minimum absolute atomic E-state index is 0.134. The summed E-state index contributed by atoms with van der Waals surface area (Å²) in [4.78, 5) is 4.47. The van der Waals surface area contributed by atoms with Gasteiger partial charge in [0.1, 0.15) is 35.6 Å². The number of hydrogen-bond donors (Lipinski definition) is 1. The Hall–Kier alpha value is -2.65. The summed E-state index contributed by atoms with van der Waals surface area (Å²) in [5.74, 6) is -1.26. The molecule has 29 heavy (non-hydrogen) atoms. The van der Waals surface area contributed by atoms with Crippen LogP contribution in [-0.2, 0) is 22.9 Å². The molecule has 2 aromatic carbocycles. The quantitative estimate of drug-likeness (QED) is 0.635. The SMILES string of the molecule is CS(=O)c1ccc(OC(C)(C)C(O)(Cn2cncn2)c2ccc(F)cc2F)cc1. The Labute approximate surface area is 169 Å². The van der Waals surface area contributed by atoms with E-state index in [0.29, 0.717) is 16.7 Å². The fraction of sp³-hybridized carbons (Fsp3) is 0.300. The van der Waals surface area contributed by atoms with E-state index in [2.05, 4.69) is 10.1 Å². The molecule has 1 N–H and O–H groups in total. The van der Waals surface area contributed by atoms with Gasteiger partial charge in [-0.3, -0.25) is 4.21 Å². The average molecular weight is 421 g/mol. The molecule has 0 bridgehead atoms. The maximum atomic E-state index is 14.7. The van der Waals surface area contributed by atoms with Gasteiger partial charge in [-0.05, 0) is 44.2 Å². The lowest BCUT2D eigenvalue weighted by atomic mass is 9.79. The van der Waals surface area contributed by atoms with Crippen molar-refractivity contribution in [3.8, 4) is 5.75 Å². The Morgan fingerprint density at radius 2 is 1.86 bits per heavy atom. The van der Waals surface area contributed by atoms with Gasteiger partial charge >= 0.3 is 0 Å². The molecule has 1 aromatic heterocycles. The van der Waals surface area contributed by atoms with Crippen LogP contribution in [0.15, 0.2) is 60.0 Å². The van der Waals surface area contributed by atoms with Crippen LogP contribution < -0.4 is 4.74 Å². The van der Waals surface area contributed by atoms with Gasteiger partial charge in [-0.1, -0.05) is 6.07 Å². The molecule has 2 atom stereocenters. The summed E-state index contributed by atoms with van der Waals surface area (Å²) in [6, 6.07) is 9.52. The van der Waals surface area contributed by atoms with E-state index in [4.69, 9.17) is 4.74 Å². The Balaban J connectivity index is 2.02. The first-order valence-corrected chi connectivity index (χ1v) is 10.3. The molecule has 0 saturated carbocycles. The standard InChI is InChI=1S/C20H21F2N3O3S/c1-19(2,28-15-5-7-16(8-6-15)29(3)27)20(26,11-25-13-23-12-24-25)17-9-4-14(21)10-18(17)22/h4-10,12-13,26H,11H2,1-3H3. The maximum absolute atomic E-state index is 14.7. The Morgan fingerprint density at radius 1 is 1.17 bits per heavy atom. The van der Waals surface area contributed by atoms with Crippen molar-refractivity contribution < 1.29 is 22.8 Å². The fourth-order valence-electron chi connectivity index (χ4n) is 3.05. The predicted molar refractivity (Wildman–Crippen MR) is 104 cm³/mol. The molecule has 0 fully saturated rings. The topological polar surface area (TPSA) is 77.2 Å². The van der Waals surface area contributed by atoms with E-state index >= 15 is 0 Å². The number of benzene rings is 2. The Morgan fingerprint density at radius 3 is 2.41 bits per heavy atom. The minimum atomic E-state index is -1.93. The molecule has 0 spiro atoms. The highest BCUT2D eigenvalue weighted by molar-refractivity contribution is 7.84. The van der Waals surface area contributed by atoms with Crippen LogP contribution >= 0.6 is 0 Å². The molecule has 0 radical (unpaired) electrons. The predicted octanol–water partition coefficient (Wildman–Crippen LogP) is 3.04. The highest BCUT2D eigenvalue weighted by Crippen LogP contribution is 2.39. The van der Waals surface area contributed by atoms with Gasteiger partial charge in [-0.15, -0.1) is 0 Å². The summed E-state index contributed by atoms with van der Waals surface area (Å²) in [5.41, 5.74) is -3.43. The zero-order valence-electron chi connectivity index (χ0n) is 16.2. The van der Waals surface area contributed by atoms with E-state index in [9.17, 15) is 18.1 Å². The highest BCUT2D eigenvalue weighted by atomic mass is 32.2. The van der Waals surface area contributed by atoms with Gasteiger partial charge in [0, 0.05) is 33.6 Å². The van der Waals surface area contributed by atoms with E-state index in [1.165, 1.54) is 23.4 Å². The average Bonchev–Trinajstić information content (AvgIpc) is 3.14. The normalized spacial score (nSPS) is 15.0. The number of rotatable bonds is 7. The van der Waals surface area contributed by atoms with E-state index in [1.807, 2.05) is 0 Å². The molecular weight excluding hydrogens is 400 g/mol.